The first kappa shape index (κ1) is 19.4. The van der Waals surface area contributed by atoms with Crippen LogP contribution in [0.3, 0.4) is 0 Å². The number of pyridine rings is 1. The van der Waals surface area contributed by atoms with Gasteiger partial charge in [-0.05, 0) is 37.1 Å². The number of amides is 2. The molecule has 2 aromatic rings. The first-order chi connectivity index (χ1) is 14.2. The summed E-state index contributed by atoms with van der Waals surface area (Å²) in [5, 5.41) is 5.99. The minimum atomic E-state index is -0.261. The van der Waals surface area contributed by atoms with Crippen molar-refractivity contribution in [1.82, 2.24) is 10.3 Å². The fourth-order valence-electron chi connectivity index (χ4n) is 3.88. The molecule has 7 heteroatoms. The Kier molecular flexibility index (Phi) is 6.05. The monoisotopic (exact) mass is 394 g/mol. The molecule has 29 heavy (non-hydrogen) atoms. The molecule has 0 radical (unpaired) electrons. The largest absolute Gasteiger partial charge is 0.378 e. The standard InChI is InChI=1S/C22H26N4O3/c27-21(25-18-7-3-4-8-20(18)26-11-13-29-14-12-26)16-9-10-23-19(15-16)22(28)24-17-5-1-2-6-17/h3-4,7-10,15,17H,1-2,5-6,11-14H2,(H,24,28)(H,25,27). The summed E-state index contributed by atoms with van der Waals surface area (Å²) in [5.74, 6) is -0.483. The number of aromatic nitrogens is 1. The Hall–Kier alpha value is -2.93. The lowest BCUT2D eigenvalue weighted by Gasteiger charge is -2.30. The maximum Gasteiger partial charge on any atom is 0.270 e. The molecule has 0 atom stereocenters. The zero-order valence-corrected chi connectivity index (χ0v) is 16.4. The number of ether oxygens (including phenoxy) is 1. The lowest BCUT2D eigenvalue weighted by molar-refractivity contribution is 0.0933. The third-order valence-electron chi connectivity index (χ3n) is 5.45. The van der Waals surface area contributed by atoms with E-state index >= 15 is 0 Å². The summed E-state index contributed by atoms with van der Waals surface area (Å²) in [6.45, 7) is 2.92. The van der Waals surface area contributed by atoms with E-state index in [1.165, 1.54) is 6.20 Å². The van der Waals surface area contributed by atoms with Crippen molar-refractivity contribution in [2.24, 2.45) is 0 Å². The summed E-state index contributed by atoms with van der Waals surface area (Å²) in [6, 6.07) is 11.1. The average molecular weight is 394 g/mol. The average Bonchev–Trinajstić information content (AvgIpc) is 3.28. The van der Waals surface area contributed by atoms with E-state index in [9.17, 15) is 9.59 Å². The molecule has 1 aliphatic carbocycles. The van der Waals surface area contributed by atoms with Crippen molar-refractivity contribution >= 4 is 23.2 Å². The van der Waals surface area contributed by atoms with Crippen LogP contribution >= 0.6 is 0 Å². The predicted molar refractivity (Wildman–Crippen MR) is 111 cm³/mol. The van der Waals surface area contributed by atoms with Crippen molar-refractivity contribution in [2.45, 2.75) is 31.7 Å². The second kappa shape index (κ2) is 9.05. The minimum absolute atomic E-state index is 0.210. The zero-order valence-electron chi connectivity index (χ0n) is 16.4. The summed E-state index contributed by atoms with van der Waals surface area (Å²) in [4.78, 5) is 31.7. The fourth-order valence-corrected chi connectivity index (χ4v) is 3.88. The van der Waals surface area contributed by atoms with E-state index < -0.39 is 0 Å². The van der Waals surface area contributed by atoms with Crippen LogP contribution in [0.2, 0.25) is 0 Å². The van der Waals surface area contributed by atoms with Crippen LogP contribution in [-0.4, -0.2) is 49.1 Å². The molecule has 2 fully saturated rings. The number of benzene rings is 1. The predicted octanol–water partition coefficient (Wildman–Crippen LogP) is 2.84. The van der Waals surface area contributed by atoms with Gasteiger partial charge in [0.1, 0.15) is 5.69 Å². The van der Waals surface area contributed by atoms with Crippen LogP contribution in [0, 0.1) is 0 Å². The fraction of sp³-hybridized carbons (Fsp3) is 0.409. The van der Waals surface area contributed by atoms with Crippen molar-refractivity contribution in [3.8, 4) is 0 Å². The Morgan fingerprint density at radius 1 is 1.03 bits per heavy atom. The third kappa shape index (κ3) is 4.74. The Morgan fingerprint density at radius 3 is 2.59 bits per heavy atom. The number of hydrogen-bond donors (Lipinski definition) is 2. The van der Waals surface area contributed by atoms with Gasteiger partial charge < -0.3 is 20.3 Å². The minimum Gasteiger partial charge on any atom is -0.378 e. The first-order valence-electron chi connectivity index (χ1n) is 10.2. The topological polar surface area (TPSA) is 83.6 Å². The lowest BCUT2D eigenvalue weighted by atomic mass is 10.1. The van der Waals surface area contributed by atoms with Gasteiger partial charge in [-0.25, -0.2) is 0 Å². The molecule has 1 aromatic carbocycles. The molecular weight excluding hydrogens is 368 g/mol. The van der Waals surface area contributed by atoms with Crippen molar-refractivity contribution in [1.29, 1.82) is 0 Å². The first-order valence-corrected chi connectivity index (χ1v) is 10.2. The highest BCUT2D eigenvalue weighted by atomic mass is 16.5. The quantitative estimate of drug-likeness (QED) is 0.815. The van der Waals surface area contributed by atoms with Gasteiger partial charge in [0.2, 0.25) is 0 Å². The number of hydrogen-bond acceptors (Lipinski definition) is 5. The molecule has 1 saturated heterocycles. The number of nitrogens with one attached hydrogen (secondary N) is 2. The van der Waals surface area contributed by atoms with E-state index in [-0.39, 0.29) is 23.6 Å². The van der Waals surface area contributed by atoms with Crippen molar-refractivity contribution in [3.05, 3.63) is 53.9 Å². The third-order valence-corrected chi connectivity index (χ3v) is 5.45. The van der Waals surface area contributed by atoms with Crippen LogP contribution in [0.1, 0.15) is 46.5 Å². The molecule has 0 unspecified atom stereocenters. The van der Waals surface area contributed by atoms with Gasteiger partial charge in [0, 0.05) is 30.9 Å². The van der Waals surface area contributed by atoms with Crippen LogP contribution in [0.15, 0.2) is 42.6 Å². The molecule has 1 aromatic heterocycles. The SMILES string of the molecule is O=C(Nc1ccccc1N1CCOCC1)c1ccnc(C(=O)NC2CCCC2)c1. The number of carbonyl (C=O) groups is 2. The summed E-state index contributed by atoms with van der Waals surface area (Å²) < 4.78 is 5.42. The van der Waals surface area contributed by atoms with Crippen molar-refractivity contribution in [3.63, 3.8) is 0 Å². The van der Waals surface area contributed by atoms with E-state index in [1.54, 1.807) is 12.1 Å². The van der Waals surface area contributed by atoms with Gasteiger partial charge in [-0.2, -0.15) is 0 Å². The maximum absolute atomic E-state index is 12.9. The van der Waals surface area contributed by atoms with Crippen molar-refractivity contribution in [2.75, 3.05) is 36.5 Å². The second-order valence-corrected chi connectivity index (χ2v) is 7.46. The molecule has 4 rings (SSSR count). The van der Waals surface area contributed by atoms with Gasteiger partial charge in [-0.15, -0.1) is 0 Å². The Balaban J connectivity index is 1.47. The molecule has 7 nitrogen and oxygen atoms in total. The number of anilines is 2. The molecule has 0 bridgehead atoms. The number of para-hydroxylation sites is 2. The van der Waals surface area contributed by atoms with Gasteiger partial charge in [0.25, 0.3) is 11.8 Å². The van der Waals surface area contributed by atoms with Gasteiger partial charge >= 0.3 is 0 Å². The number of rotatable bonds is 5. The molecule has 1 saturated carbocycles. The molecule has 2 amide bonds. The summed E-state index contributed by atoms with van der Waals surface area (Å²) in [7, 11) is 0. The summed E-state index contributed by atoms with van der Waals surface area (Å²) >= 11 is 0. The lowest BCUT2D eigenvalue weighted by Crippen LogP contribution is -2.36. The van der Waals surface area contributed by atoms with Gasteiger partial charge in [-0.1, -0.05) is 25.0 Å². The second-order valence-electron chi connectivity index (χ2n) is 7.46. The van der Waals surface area contributed by atoms with Crippen LogP contribution < -0.4 is 15.5 Å². The van der Waals surface area contributed by atoms with Crippen LogP contribution in [0.4, 0.5) is 11.4 Å². The molecular formula is C22H26N4O3. The zero-order chi connectivity index (χ0) is 20.1. The van der Waals surface area contributed by atoms with E-state index in [1.807, 2.05) is 24.3 Å². The summed E-state index contributed by atoms with van der Waals surface area (Å²) in [6.07, 6.45) is 5.80. The van der Waals surface area contributed by atoms with Crippen LogP contribution in [0.5, 0.6) is 0 Å². The van der Waals surface area contributed by atoms with Crippen LogP contribution in [0.25, 0.3) is 0 Å². The Morgan fingerprint density at radius 2 is 1.79 bits per heavy atom. The van der Waals surface area contributed by atoms with E-state index in [0.29, 0.717) is 18.8 Å². The Bertz CT molecular complexity index is 874. The molecule has 0 spiro atoms. The van der Waals surface area contributed by atoms with Crippen molar-refractivity contribution < 1.29 is 14.3 Å². The highest BCUT2D eigenvalue weighted by Crippen LogP contribution is 2.27. The molecule has 2 aliphatic rings. The van der Waals surface area contributed by atoms with E-state index in [4.69, 9.17) is 4.74 Å². The number of carbonyl (C=O) groups excluding carboxylic acids is 2. The smallest absolute Gasteiger partial charge is 0.270 e. The molecule has 152 valence electrons. The summed E-state index contributed by atoms with van der Waals surface area (Å²) in [5.41, 5.74) is 2.39. The normalized spacial score (nSPS) is 17.2. The van der Waals surface area contributed by atoms with E-state index in [2.05, 4.69) is 20.5 Å². The number of nitrogens with zero attached hydrogens (tertiary/aromatic N) is 2. The molecule has 1 aliphatic heterocycles. The highest BCUT2D eigenvalue weighted by molar-refractivity contribution is 6.07. The molecule has 2 N–H and O–H groups in total. The van der Waals surface area contributed by atoms with Gasteiger partial charge in [0.05, 0.1) is 24.6 Å². The maximum atomic E-state index is 12.9. The van der Waals surface area contributed by atoms with Gasteiger partial charge in [0.15, 0.2) is 0 Å². The molecule has 2 heterocycles. The Labute approximate surface area is 170 Å². The number of morpholine rings is 1. The highest BCUT2D eigenvalue weighted by Gasteiger charge is 2.20. The van der Waals surface area contributed by atoms with E-state index in [0.717, 1.165) is 50.1 Å². The van der Waals surface area contributed by atoms with Gasteiger partial charge in [-0.3, -0.25) is 14.6 Å². The van der Waals surface area contributed by atoms with Crippen LogP contribution in [-0.2, 0) is 4.74 Å².